The van der Waals surface area contributed by atoms with Crippen LogP contribution in [0.1, 0.15) is 17.7 Å². The Morgan fingerprint density at radius 3 is 2.37 bits per heavy atom. The van der Waals surface area contributed by atoms with Crippen LogP contribution in [0.4, 0.5) is 5.69 Å². The normalized spacial score (nSPS) is 11.3. The average molecular weight is 374 g/mol. The molecule has 0 aliphatic heterocycles. The predicted octanol–water partition coefficient (Wildman–Crippen LogP) is 0.790. The lowest BCUT2D eigenvalue weighted by molar-refractivity contribution is 0.147. The number of nitrogen functional groups attached to an aromatic ring is 1. The number of nitrogens with two attached hydrogens (primary N) is 1. The minimum absolute atomic E-state index is 0.257. The standard InChI is InChI=1S/C20H30N4O3/c1-22-18(15-19(25)23(2)20(22)26)5-4-11-24(13-14-27-3)12-10-16-6-8-17(21)9-7-16/h6-9,15H,4-5,10-14,21H2,1-3H3. The molecule has 0 atom stereocenters. The first-order chi connectivity index (χ1) is 12.9. The number of hydrogen-bond acceptors (Lipinski definition) is 5. The molecular weight excluding hydrogens is 344 g/mol. The molecule has 2 N–H and O–H groups in total. The third-order valence-corrected chi connectivity index (χ3v) is 4.84. The van der Waals surface area contributed by atoms with E-state index in [1.165, 1.54) is 12.6 Å². The van der Waals surface area contributed by atoms with Crippen molar-refractivity contribution in [2.24, 2.45) is 14.1 Å². The van der Waals surface area contributed by atoms with E-state index in [0.717, 1.165) is 48.4 Å². The lowest BCUT2D eigenvalue weighted by atomic mass is 10.1. The molecule has 0 spiro atoms. The Kier molecular flexibility index (Phi) is 7.82. The Hall–Kier alpha value is -2.38. The number of ether oxygens (including phenoxy) is 1. The van der Waals surface area contributed by atoms with Crippen LogP contribution in [0.3, 0.4) is 0 Å². The number of aromatic nitrogens is 2. The second-order valence-corrected chi connectivity index (χ2v) is 6.80. The molecule has 0 aliphatic carbocycles. The molecule has 1 aromatic heterocycles. The Bertz CT molecular complexity index is 840. The number of methoxy groups -OCH3 is 1. The molecule has 0 bridgehead atoms. The minimum atomic E-state index is -0.280. The second-order valence-electron chi connectivity index (χ2n) is 6.80. The summed E-state index contributed by atoms with van der Waals surface area (Å²) < 4.78 is 7.90. The maximum atomic E-state index is 12.0. The van der Waals surface area contributed by atoms with Crippen LogP contribution in [0, 0.1) is 0 Å². The van der Waals surface area contributed by atoms with Crippen LogP contribution in [0.15, 0.2) is 39.9 Å². The molecule has 2 aromatic rings. The molecule has 7 nitrogen and oxygen atoms in total. The molecule has 27 heavy (non-hydrogen) atoms. The van der Waals surface area contributed by atoms with Gasteiger partial charge >= 0.3 is 5.69 Å². The molecule has 1 aromatic carbocycles. The quantitative estimate of drug-likeness (QED) is 0.622. The zero-order valence-electron chi connectivity index (χ0n) is 16.5. The van der Waals surface area contributed by atoms with E-state index in [2.05, 4.69) is 17.0 Å². The van der Waals surface area contributed by atoms with Crippen LogP contribution < -0.4 is 17.0 Å². The first-order valence-corrected chi connectivity index (χ1v) is 9.24. The zero-order valence-corrected chi connectivity index (χ0v) is 16.5. The summed E-state index contributed by atoms with van der Waals surface area (Å²) in [6, 6.07) is 9.50. The fourth-order valence-electron chi connectivity index (χ4n) is 3.03. The summed E-state index contributed by atoms with van der Waals surface area (Å²) in [6.07, 6.45) is 2.49. The average Bonchev–Trinajstić information content (AvgIpc) is 2.67. The van der Waals surface area contributed by atoms with E-state index in [9.17, 15) is 9.59 Å². The van der Waals surface area contributed by atoms with Gasteiger partial charge in [-0.05, 0) is 43.5 Å². The van der Waals surface area contributed by atoms with Crippen molar-refractivity contribution < 1.29 is 4.74 Å². The highest BCUT2D eigenvalue weighted by molar-refractivity contribution is 5.39. The molecule has 148 valence electrons. The summed E-state index contributed by atoms with van der Waals surface area (Å²) in [7, 11) is 4.91. The first kappa shape index (κ1) is 20.9. The molecule has 1 heterocycles. The Labute approximate surface area is 160 Å². The molecule has 0 unspecified atom stereocenters. The molecule has 0 aliphatic rings. The monoisotopic (exact) mass is 374 g/mol. The maximum absolute atomic E-state index is 12.0. The molecule has 0 radical (unpaired) electrons. The van der Waals surface area contributed by atoms with Gasteiger partial charge in [-0.2, -0.15) is 0 Å². The van der Waals surface area contributed by atoms with Crippen LogP contribution in [0.5, 0.6) is 0 Å². The fourth-order valence-corrected chi connectivity index (χ4v) is 3.03. The van der Waals surface area contributed by atoms with Crippen molar-refractivity contribution in [3.8, 4) is 0 Å². The van der Waals surface area contributed by atoms with Gasteiger partial charge in [0, 0.05) is 51.7 Å². The van der Waals surface area contributed by atoms with Gasteiger partial charge in [-0.25, -0.2) is 4.79 Å². The molecule has 0 saturated carbocycles. The van der Waals surface area contributed by atoms with E-state index < -0.39 is 0 Å². The number of benzene rings is 1. The Balaban J connectivity index is 1.93. The largest absolute Gasteiger partial charge is 0.399 e. The third kappa shape index (κ3) is 6.08. The third-order valence-electron chi connectivity index (χ3n) is 4.84. The SMILES string of the molecule is COCCN(CCCc1cc(=O)n(C)c(=O)n1C)CCc1ccc(N)cc1. The van der Waals surface area contributed by atoms with Gasteiger partial charge in [0.15, 0.2) is 0 Å². The molecule has 0 saturated heterocycles. The van der Waals surface area contributed by atoms with Crippen LogP contribution in [0.25, 0.3) is 0 Å². The van der Waals surface area contributed by atoms with Gasteiger partial charge in [-0.15, -0.1) is 0 Å². The fraction of sp³-hybridized carbons (Fsp3) is 0.500. The van der Waals surface area contributed by atoms with Crippen LogP contribution in [-0.2, 0) is 31.7 Å². The van der Waals surface area contributed by atoms with Gasteiger partial charge in [0.2, 0.25) is 0 Å². The van der Waals surface area contributed by atoms with E-state index in [0.29, 0.717) is 13.0 Å². The number of rotatable bonds is 10. The molecule has 0 fully saturated rings. The van der Waals surface area contributed by atoms with Crippen LogP contribution in [0.2, 0.25) is 0 Å². The summed E-state index contributed by atoms with van der Waals surface area (Å²) >= 11 is 0. The van der Waals surface area contributed by atoms with Crippen molar-refractivity contribution in [2.45, 2.75) is 19.3 Å². The highest BCUT2D eigenvalue weighted by Gasteiger charge is 2.09. The van der Waals surface area contributed by atoms with Gasteiger partial charge in [0.25, 0.3) is 5.56 Å². The smallest absolute Gasteiger partial charge is 0.330 e. The first-order valence-electron chi connectivity index (χ1n) is 9.24. The van der Waals surface area contributed by atoms with Crippen molar-refractivity contribution >= 4 is 5.69 Å². The lowest BCUT2D eigenvalue weighted by Crippen LogP contribution is -2.38. The number of anilines is 1. The van der Waals surface area contributed by atoms with Crippen molar-refractivity contribution in [1.29, 1.82) is 0 Å². The molecular formula is C20H30N4O3. The van der Waals surface area contributed by atoms with Gasteiger partial charge < -0.3 is 19.9 Å². The van der Waals surface area contributed by atoms with Crippen molar-refractivity contribution in [2.75, 3.05) is 39.1 Å². The topological polar surface area (TPSA) is 82.5 Å². The highest BCUT2D eigenvalue weighted by Crippen LogP contribution is 2.08. The lowest BCUT2D eigenvalue weighted by Gasteiger charge is -2.22. The van der Waals surface area contributed by atoms with E-state index in [-0.39, 0.29) is 11.2 Å². The molecule has 0 amide bonds. The van der Waals surface area contributed by atoms with E-state index >= 15 is 0 Å². The van der Waals surface area contributed by atoms with Crippen molar-refractivity contribution in [1.82, 2.24) is 14.0 Å². The van der Waals surface area contributed by atoms with Gasteiger partial charge in [-0.3, -0.25) is 9.36 Å². The van der Waals surface area contributed by atoms with Gasteiger partial charge in [-0.1, -0.05) is 12.1 Å². The van der Waals surface area contributed by atoms with Crippen molar-refractivity contribution in [3.63, 3.8) is 0 Å². The minimum Gasteiger partial charge on any atom is -0.399 e. The number of hydrogen-bond donors (Lipinski definition) is 1. The maximum Gasteiger partial charge on any atom is 0.330 e. The summed E-state index contributed by atoms with van der Waals surface area (Å²) in [5, 5.41) is 0. The summed E-state index contributed by atoms with van der Waals surface area (Å²) in [5.41, 5.74) is 7.99. The van der Waals surface area contributed by atoms with Gasteiger partial charge in [0.1, 0.15) is 0 Å². The number of nitrogens with zero attached hydrogens (tertiary/aromatic N) is 3. The van der Waals surface area contributed by atoms with E-state index in [1.54, 1.807) is 24.8 Å². The van der Waals surface area contributed by atoms with E-state index in [1.807, 2.05) is 12.1 Å². The zero-order chi connectivity index (χ0) is 19.8. The van der Waals surface area contributed by atoms with E-state index in [4.69, 9.17) is 10.5 Å². The summed E-state index contributed by atoms with van der Waals surface area (Å²) in [6.45, 7) is 3.32. The highest BCUT2D eigenvalue weighted by atomic mass is 16.5. The second kappa shape index (κ2) is 10.1. The molecule has 2 rings (SSSR count). The summed E-state index contributed by atoms with van der Waals surface area (Å²) in [4.78, 5) is 26.2. The summed E-state index contributed by atoms with van der Waals surface area (Å²) in [5.74, 6) is 0. The molecule has 7 heteroatoms. The van der Waals surface area contributed by atoms with Crippen LogP contribution >= 0.6 is 0 Å². The van der Waals surface area contributed by atoms with Crippen molar-refractivity contribution in [3.05, 3.63) is 62.4 Å². The van der Waals surface area contributed by atoms with Crippen LogP contribution in [-0.4, -0.2) is 47.4 Å². The Morgan fingerprint density at radius 1 is 1.00 bits per heavy atom. The van der Waals surface area contributed by atoms with Gasteiger partial charge in [0.05, 0.1) is 6.61 Å². The number of aryl methyl sites for hydroxylation is 1. The Morgan fingerprint density at radius 2 is 1.70 bits per heavy atom. The predicted molar refractivity (Wildman–Crippen MR) is 108 cm³/mol.